The van der Waals surface area contributed by atoms with E-state index in [1.54, 1.807) is 0 Å². The van der Waals surface area contributed by atoms with Crippen LogP contribution >= 0.6 is 0 Å². The predicted molar refractivity (Wildman–Crippen MR) is 35.7 cm³/mol. The minimum atomic E-state index is -4.00. The zero-order valence-electron chi connectivity index (χ0n) is 6.97. The lowest BCUT2D eigenvalue weighted by Gasteiger charge is -2.22. The monoisotopic (exact) mass is 208 g/mol. The number of rotatable bonds is 5. The van der Waals surface area contributed by atoms with Crippen LogP contribution in [0.4, 0.5) is 26.3 Å². The van der Waals surface area contributed by atoms with Crippen LogP contribution in [0.5, 0.6) is 0 Å². The van der Waals surface area contributed by atoms with Crippen LogP contribution in [0.25, 0.3) is 0 Å². The first-order valence-electron chi connectivity index (χ1n) is 3.71. The number of hydrogen-bond acceptors (Lipinski definition) is 0. The van der Waals surface area contributed by atoms with Crippen LogP contribution in [0.1, 0.15) is 19.8 Å². The van der Waals surface area contributed by atoms with E-state index in [9.17, 15) is 26.3 Å². The van der Waals surface area contributed by atoms with Crippen molar-refractivity contribution < 1.29 is 26.3 Å². The minimum Gasteiger partial charge on any atom is -0.244 e. The van der Waals surface area contributed by atoms with E-state index in [0.29, 0.717) is 0 Å². The zero-order chi connectivity index (χ0) is 10.7. The normalized spacial score (nSPS) is 15.9. The summed E-state index contributed by atoms with van der Waals surface area (Å²) >= 11 is 0. The van der Waals surface area contributed by atoms with Gasteiger partial charge in [-0.3, -0.25) is 0 Å². The van der Waals surface area contributed by atoms with Crippen LogP contribution in [-0.4, -0.2) is 24.7 Å². The molecule has 0 fully saturated rings. The lowest BCUT2D eigenvalue weighted by Crippen LogP contribution is -2.35. The van der Waals surface area contributed by atoms with Crippen LogP contribution < -0.4 is 0 Å². The molecule has 0 aromatic carbocycles. The summed E-state index contributed by atoms with van der Waals surface area (Å²) in [6, 6.07) is 0. The van der Waals surface area contributed by atoms with Gasteiger partial charge < -0.3 is 0 Å². The molecule has 0 unspecified atom stereocenters. The van der Waals surface area contributed by atoms with E-state index in [2.05, 4.69) is 0 Å². The molecule has 0 saturated heterocycles. The maximum atomic E-state index is 12.5. The lowest BCUT2D eigenvalue weighted by molar-refractivity contribution is -0.123. The topological polar surface area (TPSA) is 0 Å². The van der Waals surface area contributed by atoms with E-state index in [1.165, 1.54) is 0 Å². The summed E-state index contributed by atoms with van der Waals surface area (Å²) in [7, 11) is 0. The highest BCUT2D eigenvalue weighted by Crippen LogP contribution is 2.33. The van der Waals surface area contributed by atoms with Gasteiger partial charge in [0.05, 0.1) is 6.42 Å². The first-order valence-corrected chi connectivity index (χ1v) is 3.71. The Bertz CT molecular complexity index is 155. The van der Waals surface area contributed by atoms with E-state index in [-0.39, 0.29) is 0 Å². The van der Waals surface area contributed by atoms with Gasteiger partial charge in [0.2, 0.25) is 0 Å². The maximum absolute atomic E-state index is 12.5. The van der Waals surface area contributed by atoms with Crippen LogP contribution in [0.2, 0.25) is 0 Å². The van der Waals surface area contributed by atoms with E-state index in [0.717, 1.165) is 6.92 Å². The summed E-state index contributed by atoms with van der Waals surface area (Å²) in [4.78, 5) is 0. The molecule has 0 nitrogen and oxygen atoms in total. The molecule has 0 spiro atoms. The molecule has 0 aliphatic carbocycles. The first kappa shape index (κ1) is 12.6. The van der Waals surface area contributed by atoms with Crippen molar-refractivity contribution in [3.8, 4) is 0 Å². The first-order chi connectivity index (χ1) is 5.75. The van der Waals surface area contributed by atoms with Crippen molar-refractivity contribution in [1.82, 2.24) is 0 Å². The van der Waals surface area contributed by atoms with Gasteiger partial charge in [-0.2, -0.15) is 0 Å². The maximum Gasteiger partial charge on any atom is 0.278 e. The Morgan fingerprint density at radius 2 is 1.62 bits per heavy atom. The van der Waals surface area contributed by atoms with Gasteiger partial charge in [0.25, 0.3) is 11.8 Å². The standard InChI is InChI=1S/C7H10F6/c1-2-7(12,13)5(9)3-6(10,11)4-8/h5H,2-4H2,1H3/t5-/m0/s1. The second-order valence-electron chi connectivity index (χ2n) is 2.78. The Hall–Kier alpha value is -0.420. The molecule has 0 amide bonds. The molecule has 0 aromatic rings. The van der Waals surface area contributed by atoms with Crippen LogP contribution in [0, 0.1) is 0 Å². The fraction of sp³-hybridized carbons (Fsp3) is 1.00. The van der Waals surface area contributed by atoms with Crippen molar-refractivity contribution >= 4 is 0 Å². The Labute approximate surface area is 71.9 Å². The van der Waals surface area contributed by atoms with E-state index in [1.807, 2.05) is 0 Å². The summed E-state index contributed by atoms with van der Waals surface area (Å²) in [6.07, 6.45) is -5.65. The SMILES string of the molecule is CCC(F)(F)[C@@H](F)CC(F)(F)CF. The molecule has 0 heterocycles. The van der Waals surface area contributed by atoms with E-state index in [4.69, 9.17) is 0 Å². The van der Waals surface area contributed by atoms with Crippen molar-refractivity contribution in [2.45, 2.75) is 37.8 Å². The fourth-order valence-electron chi connectivity index (χ4n) is 0.688. The summed E-state index contributed by atoms with van der Waals surface area (Å²) in [5.41, 5.74) is 0. The summed E-state index contributed by atoms with van der Waals surface area (Å²) in [6.45, 7) is -1.15. The molecular formula is C7H10F6. The molecule has 80 valence electrons. The van der Waals surface area contributed by atoms with E-state index < -0.39 is 37.5 Å². The van der Waals surface area contributed by atoms with Crippen LogP contribution in [0.15, 0.2) is 0 Å². The van der Waals surface area contributed by atoms with Crippen molar-refractivity contribution in [3.63, 3.8) is 0 Å². The zero-order valence-corrected chi connectivity index (χ0v) is 6.97. The molecule has 0 saturated carbocycles. The van der Waals surface area contributed by atoms with Crippen molar-refractivity contribution in [2.24, 2.45) is 0 Å². The summed E-state index contributed by atoms with van der Waals surface area (Å²) in [5.74, 6) is -7.81. The van der Waals surface area contributed by atoms with Gasteiger partial charge in [0.15, 0.2) is 12.8 Å². The Morgan fingerprint density at radius 3 is 1.92 bits per heavy atom. The molecule has 13 heavy (non-hydrogen) atoms. The van der Waals surface area contributed by atoms with Crippen molar-refractivity contribution in [3.05, 3.63) is 0 Å². The molecule has 6 heteroatoms. The van der Waals surface area contributed by atoms with Crippen LogP contribution in [-0.2, 0) is 0 Å². The lowest BCUT2D eigenvalue weighted by atomic mass is 10.1. The van der Waals surface area contributed by atoms with Gasteiger partial charge in [-0.15, -0.1) is 0 Å². The van der Waals surface area contributed by atoms with Crippen LogP contribution in [0.3, 0.4) is 0 Å². The average Bonchev–Trinajstić information content (AvgIpc) is 2.04. The molecule has 0 N–H and O–H groups in total. The Morgan fingerprint density at radius 1 is 1.15 bits per heavy atom. The second kappa shape index (κ2) is 4.19. The summed E-state index contributed by atoms with van der Waals surface area (Å²) in [5, 5.41) is 0. The van der Waals surface area contributed by atoms with Gasteiger partial charge in [-0.25, -0.2) is 26.3 Å². The highest BCUT2D eigenvalue weighted by molar-refractivity contribution is 4.81. The molecular weight excluding hydrogens is 198 g/mol. The third kappa shape index (κ3) is 3.87. The number of hydrogen-bond donors (Lipinski definition) is 0. The van der Waals surface area contributed by atoms with E-state index >= 15 is 0 Å². The molecule has 0 aromatic heterocycles. The third-order valence-corrected chi connectivity index (χ3v) is 1.60. The van der Waals surface area contributed by atoms with Gasteiger partial charge in [-0.05, 0) is 0 Å². The van der Waals surface area contributed by atoms with Gasteiger partial charge in [-0.1, -0.05) is 6.92 Å². The molecule has 0 radical (unpaired) electrons. The molecule has 0 aliphatic rings. The highest BCUT2D eigenvalue weighted by atomic mass is 19.3. The van der Waals surface area contributed by atoms with Crippen molar-refractivity contribution in [1.29, 1.82) is 0 Å². The van der Waals surface area contributed by atoms with Crippen molar-refractivity contribution in [2.75, 3.05) is 6.67 Å². The average molecular weight is 208 g/mol. The highest BCUT2D eigenvalue weighted by Gasteiger charge is 2.45. The van der Waals surface area contributed by atoms with Gasteiger partial charge in [0, 0.05) is 6.42 Å². The number of alkyl halides is 6. The second-order valence-corrected chi connectivity index (χ2v) is 2.78. The largest absolute Gasteiger partial charge is 0.278 e. The molecule has 0 rings (SSSR count). The summed E-state index contributed by atoms with van der Waals surface area (Å²) < 4.78 is 72.9. The third-order valence-electron chi connectivity index (χ3n) is 1.60. The fourth-order valence-corrected chi connectivity index (χ4v) is 0.688. The smallest absolute Gasteiger partial charge is 0.244 e. The molecule has 0 aliphatic heterocycles. The minimum absolute atomic E-state index is 0.878. The molecule has 0 bridgehead atoms. The molecule has 1 atom stereocenters. The number of halogens is 6. The van der Waals surface area contributed by atoms with Gasteiger partial charge >= 0.3 is 0 Å². The predicted octanol–water partition coefficient (Wildman–Crippen LogP) is 3.36. The Kier molecular flexibility index (Phi) is 4.06. The Balaban J connectivity index is 4.22. The quantitative estimate of drug-likeness (QED) is 0.607. The van der Waals surface area contributed by atoms with Gasteiger partial charge in [0.1, 0.15) is 0 Å².